The molecule has 2 aliphatic heterocycles. The van der Waals surface area contributed by atoms with Gasteiger partial charge in [-0.3, -0.25) is 10.2 Å². The van der Waals surface area contributed by atoms with Gasteiger partial charge in [-0.2, -0.15) is 0 Å². The van der Waals surface area contributed by atoms with Crippen LogP contribution in [0.4, 0.5) is 0 Å². The summed E-state index contributed by atoms with van der Waals surface area (Å²) in [4.78, 5) is 2.51. The zero-order valence-corrected chi connectivity index (χ0v) is 7.40. The molecule has 11 heavy (non-hydrogen) atoms. The Morgan fingerprint density at radius 3 is 2.55 bits per heavy atom. The summed E-state index contributed by atoms with van der Waals surface area (Å²) >= 11 is 0. The first-order chi connectivity index (χ1) is 5.33. The van der Waals surface area contributed by atoms with Crippen molar-refractivity contribution in [3.8, 4) is 0 Å². The van der Waals surface area contributed by atoms with Gasteiger partial charge in [0.2, 0.25) is 0 Å². The van der Waals surface area contributed by atoms with Crippen molar-refractivity contribution < 1.29 is 0 Å². The lowest BCUT2D eigenvalue weighted by Crippen LogP contribution is -2.55. The molecule has 2 fully saturated rings. The van der Waals surface area contributed by atoms with E-state index in [9.17, 15) is 0 Å². The lowest BCUT2D eigenvalue weighted by molar-refractivity contribution is 0.0947. The van der Waals surface area contributed by atoms with Gasteiger partial charge in [0.05, 0.1) is 5.66 Å². The third kappa shape index (κ3) is 1.18. The van der Waals surface area contributed by atoms with Crippen molar-refractivity contribution in [2.75, 3.05) is 20.1 Å². The van der Waals surface area contributed by atoms with E-state index >= 15 is 0 Å². The van der Waals surface area contributed by atoms with Crippen molar-refractivity contribution in [1.29, 1.82) is 0 Å². The maximum absolute atomic E-state index is 3.67. The number of likely N-dealkylation sites (tertiary alicyclic amines) is 1. The van der Waals surface area contributed by atoms with Crippen molar-refractivity contribution in [1.82, 2.24) is 10.2 Å². The first-order valence-corrected chi connectivity index (χ1v) is 4.80. The molecule has 2 aliphatic rings. The van der Waals surface area contributed by atoms with E-state index in [1.165, 1.54) is 45.2 Å². The predicted octanol–water partition coefficient (Wildman–Crippen LogP) is 1.18. The van der Waals surface area contributed by atoms with E-state index in [-0.39, 0.29) is 0 Å². The smallest absolute Gasteiger partial charge is 0.0710 e. The maximum atomic E-state index is 3.67. The molecule has 0 aliphatic carbocycles. The largest absolute Gasteiger partial charge is 0.299 e. The van der Waals surface area contributed by atoms with Crippen molar-refractivity contribution in [2.24, 2.45) is 0 Å². The normalized spacial score (nSPS) is 40.1. The van der Waals surface area contributed by atoms with Crippen LogP contribution in [0.3, 0.4) is 0 Å². The Kier molecular flexibility index (Phi) is 1.90. The highest BCUT2D eigenvalue weighted by atomic mass is 15.3. The molecule has 2 heteroatoms. The van der Waals surface area contributed by atoms with Crippen molar-refractivity contribution >= 4 is 0 Å². The summed E-state index contributed by atoms with van der Waals surface area (Å²) in [5.74, 6) is 0. The van der Waals surface area contributed by atoms with Crippen LogP contribution in [0.1, 0.15) is 32.1 Å². The summed E-state index contributed by atoms with van der Waals surface area (Å²) in [5.41, 5.74) is 0.415. The van der Waals surface area contributed by atoms with Gasteiger partial charge in [0, 0.05) is 0 Å². The van der Waals surface area contributed by atoms with E-state index in [0.717, 1.165) is 0 Å². The van der Waals surface area contributed by atoms with Crippen LogP contribution in [-0.2, 0) is 0 Å². The molecule has 0 radical (unpaired) electrons. The first-order valence-electron chi connectivity index (χ1n) is 4.80. The second-order valence-electron chi connectivity index (χ2n) is 3.94. The number of piperidine rings is 1. The Balaban J connectivity index is 2.06. The zero-order chi connectivity index (χ0) is 7.73. The van der Waals surface area contributed by atoms with E-state index in [0.29, 0.717) is 5.66 Å². The van der Waals surface area contributed by atoms with Gasteiger partial charge in [-0.25, -0.2) is 0 Å². The van der Waals surface area contributed by atoms with Gasteiger partial charge in [-0.1, -0.05) is 0 Å². The Labute approximate surface area is 69.0 Å². The van der Waals surface area contributed by atoms with Crippen LogP contribution in [0.15, 0.2) is 0 Å². The number of hydrogen-bond donors (Lipinski definition) is 1. The molecule has 64 valence electrons. The molecular formula is C9H18N2. The monoisotopic (exact) mass is 154 g/mol. The Hall–Kier alpha value is -0.0800. The van der Waals surface area contributed by atoms with Crippen LogP contribution in [0, 0.1) is 0 Å². The number of nitrogens with zero attached hydrogens (tertiary/aromatic N) is 1. The molecule has 0 saturated carbocycles. The topological polar surface area (TPSA) is 15.3 Å². The molecule has 1 unspecified atom stereocenters. The molecule has 0 amide bonds. The maximum Gasteiger partial charge on any atom is 0.0710 e. The quantitative estimate of drug-likeness (QED) is 0.563. The SMILES string of the molecule is CN1CCCC12CCCCN2. The second kappa shape index (κ2) is 2.76. The van der Waals surface area contributed by atoms with Crippen LogP contribution in [0.25, 0.3) is 0 Å². The summed E-state index contributed by atoms with van der Waals surface area (Å²) in [6.07, 6.45) is 6.89. The van der Waals surface area contributed by atoms with E-state index in [1.807, 2.05) is 0 Å². The molecule has 0 bridgehead atoms. The minimum Gasteiger partial charge on any atom is -0.299 e. The fourth-order valence-electron chi connectivity index (χ4n) is 2.50. The summed E-state index contributed by atoms with van der Waals surface area (Å²) in [6.45, 7) is 2.51. The van der Waals surface area contributed by atoms with Crippen LogP contribution < -0.4 is 5.32 Å². The van der Waals surface area contributed by atoms with Gasteiger partial charge < -0.3 is 0 Å². The molecule has 2 nitrogen and oxygen atoms in total. The van der Waals surface area contributed by atoms with Gasteiger partial charge >= 0.3 is 0 Å². The fourth-order valence-corrected chi connectivity index (χ4v) is 2.50. The summed E-state index contributed by atoms with van der Waals surface area (Å²) in [6, 6.07) is 0. The minimum atomic E-state index is 0.415. The average Bonchev–Trinajstić information content (AvgIpc) is 2.36. The molecule has 0 aromatic carbocycles. The highest BCUT2D eigenvalue weighted by Crippen LogP contribution is 2.32. The molecule has 2 rings (SSSR count). The van der Waals surface area contributed by atoms with Crippen molar-refractivity contribution in [3.05, 3.63) is 0 Å². The molecule has 0 aromatic rings. The third-order valence-corrected chi connectivity index (χ3v) is 3.29. The molecule has 0 aromatic heterocycles. The average molecular weight is 154 g/mol. The van der Waals surface area contributed by atoms with Crippen LogP contribution >= 0.6 is 0 Å². The van der Waals surface area contributed by atoms with Crippen LogP contribution in [0.5, 0.6) is 0 Å². The van der Waals surface area contributed by atoms with E-state index < -0.39 is 0 Å². The molecule has 2 heterocycles. The Morgan fingerprint density at radius 1 is 1.18 bits per heavy atom. The zero-order valence-electron chi connectivity index (χ0n) is 7.40. The summed E-state index contributed by atoms with van der Waals surface area (Å²) in [5, 5.41) is 3.67. The summed E-state index contributed by atoms with van der Waals surface area (Å²) < 4.78 is 0. The lowest BCUT2D eigenvalue weighted by Gasteiger charge is -2.40. The van der Waals surface area contributed by atoms with Gasteiger partial charge in [-0.05, 0) is 52.2 Å². The van der Waals surface area contributed by atoms with Gasteiger partial charge in [-0.15, -0.1) is 0 Å². The van der Waals surface area contributed by atoms with Gasteiger partial charge in [0.25, 0.3) is 0 Å². The number of nitrogens with one attached hydrogen (secondary N) is 1. The molecular weight excluding hydrogens is 136 g/mol. The summed E-state index contributed by atoms with van der Waals surface area (Å²) in [7, 11) is 2.26. The number of hydrogen-bond acceptors (Lipinski definition) is 2. The fraction of sp³-hybridized carbons (Fsp3) is 1.00. The van der Waals surface area contributed by atoms with E-state index in [1.54, 1.807) is 0 Å². The standard InChI is InChI=1S/C9H18N2/c1-11-8-4-6-9(11)5-2-3-7-10-9/h10H,2-8H2,1H3. The highest BCUT2D eigenvalue weighted by molar-refractivity contribution is 4.93. The predicted molar refractivity (Wildman–Crippen MR) is 46.4 cm³/mol. The second-order valence-corrected chi connectivity index (χ2v) is 3.94. The lowest BCUT2D eigenvalue weighted by atomic mass is 9.95. The van der Waals surface area contributed by atoms with Crippen LogP contribution in [-0.4, -0.2) is 30.7 Å². The Bertz CT molecular complexity index is 138. The molecule has 2 saturated heterocycles. The molecule has 1 N–H and O–H groups in total. The van der Waals surface area contributed by atoms with Crippen molar-refractivity contribution in [3.63, 3.8) is 0 Å². The number of rotatable bonds is 0. The third-order valence-electron chi connectivity index (χ3n) is 3.29. The van der Waals surface area contributed by atoms with Crippen molar-refractivity contribution in [2.45, 2.75) is 37.8 Å². The van der Waals surface area contributed by atoms with E-state index in [4.69, 9.17) is 0 Å². The highest BCUT2D eigenvalue weighted by Gasteiger charge is 2.38. The van der Waals surface area contributed by atoms with Gasteiger partial charge in [0.1, 0.15) is 0 Å². The van der Waals surface area contributed by atoms with E-state index in [2.05, 4.69) is 17.3 Å². The van der Waals surface area contributed by atoms with Gasteiger partial charge in [0.15, 0.2) is 0 Å². The first kappa shape index (κ1) is 7.56. The minimum absolute atomic E-state index is 0.415. The van der Waals surface area contributed by atoms with Crippen LogP contribution in [0.2, 0.25) is 0 Å². The molecule has 1 atom stereocenters. The molecule has 1 spiro atoms. The Morgan fingerprint density at radius 2 is 2.00 bits per heavy atom.